The van der Waals surface area contributed by atoms with Gasteiger partial charge in [-0.25, -0.2) is 24.7 Å². The average Bonchev–Trinajstić information content (AvgIpc) is 2.39. The van der Waals surface area contributed by atoms with E-state index in [4.69, 9.17) is 16.7 Å². The molecule has 0 spiro atoms. The van der Waals surface area contributed by atoms with Gasteiger partial charge >= 0.3 is 5.97 Å². The molecule has 8 nitrogen and oxygen atoms in total. The number of halogens is 1. The molecule has 0 unspecified atom stereocenters. The molecule has 0 saturated carbocycles. The van der Waals surface area contributed by atoms with Gasteiger partial charge in [-0.05, 0) is 0 Å². The van der Waals surface area contributed by atoms with E-state index in [1.165, 1.54) is 18.6 Å². The van der Waals surface area contributed by atoms with E-state index in [9.17, 15) is 9.59 Å². The second-order valence-electron chi connectivity index (χ2n) is 3.24. The van der Waals surface area contributed by atoms with E-state index in [1.54, 1.807) is 0 Å². The Morgan fingerprint density at radius 2 is 1.84 bits per heavy atom. The number of nitrogens with zero attached hydrogens (tertiary/aromatic N) is 4. The number of aromatic carboxylic acids is 1. The summed E-state index contributed by atoms with van der Waals surface area (Å²) in [5, 5.41) is 11.3. The molecule has 2 aromatic rings. The van der Waals surface area contributed by atoms with Crippen LogP contribution >= 0.6 is 11.6 Å². The number of carboxylic acid groups (broad SMARTS) is 1. The van der Waals surface area contributed by atoms with Crippen molar-refractivity contribution in [1.82, 2.24) is 19.9 Å². The minimum Gasteiger partial charge on any atom is -0.476 e. The number of anilines is 1. The molecule has 2 aromatic heterocycles. The van der Waals surface area contributed by atoms with Crippen molar-refractivity contribution in [1.29, 1.82) is 0 Å². The lowest BCUT2D eigenvalue weighted by Crippen LogP contribution is -2.18. The van der Waals surface area contributed by atoms with Gasteiger partial charge in [0.05, 0.1) is 12.4 Å². The molecule has 0 saturated heterocycles. The molecule has 19 heavy (non-hydrogen) atoms. The van der Waals surface area contributed by atoms with Crippen LogP contribution in [0.25, 0.3) is 0 Å². The van der Waals surface area contributed by atoms with Gasteiger partial charge in [-0.3, -0.25) is 4.79 Å². The minimum atomic E-state index is -1.30. The Morgan fingerprint density at radius 1 is 1.11 bits per heavy atom. The van der Waals surface area contributed by atoms with Gasteiger partial charge in [-0.15, -0.1) is 0 Å². The highest BCUT2D eigenvalue weighted by Gasteiger charge is 2.16. The zero-order chi connectivity index (χ0) is 13.8. The molecule has 2 heterocycles. The summed E-state index contributed by atoms with van der Waals surface area (Å²) in [6, 6.07) is 0. The first-order valence-electron chi connectivity index (χ1n) is 4.91. The molecule has 1 amide bonds. The highest BCUT2D eigenvalue weighted by Crippen LogP contribution is 2.10. The normalized spacial score (nSPS) is 9.95. The third-order valence-electron chi connectivity index (χ3n) is 1.99. The zero-order valence-corrected chi connectivity index (χ0v) is 10.00. The van der Waals surface area contributed by atoms with E-state index in [2.05, 4.69) is 25.3 Å². The van der Waals surface area contributed by atoms with Crippen LogP contribution in [0.15, 0.2) is 24.8 Å². The number of carbonyl (C=O) groups is 2. The molecule has 0 aliphatic heterocycles. The monoisotopic (exact) mass is 279 g/mol. The topological polar surface area (TPSA) is 118 Å². The molecular weight excluding hydrogens is 274 g/mol. The maximum absolute atomic E-state index is 11.8. The van der Waals surface area contributed by atoms with Gasteiger partial charge in [0.15, 0.2) is 11.5 Å². The molecule has 0 fully saturated rings. The lowest BCUT2D eigenvalue weighted by Gasteiger charge is -2.05. The molecule has 9 heteroatoms. The van der Waals surface area contributed by atoms with Gasteiger partial charge in [-0.2, -0.15) is 0 Å². The molecule has 96 valence electrons. The number of rotatable bonds is 3. The molecule has 0 aliphatic rings. The SMILES string of the molecule is O=C(Nc1nccnc1C(=O)O)c1cnc(Cl)cn1. The van der Waals surface area contributed by atoms with Crippen molar-refractivity contribution in [3.63, 3.8) is 0 Å². The number of carbonyl (C=O) groups excluding carboxylic acids is 1. The maximum atomic E-state index is 11.8. The van der Waals surface area contributed by atoms with Crippen molar-refractivity contribution in [2.75, 3.05) is 5.32 Å². The van der Waals surface area contributed by atoms with Crippen LogP contribution in [0.1, 0.15) is 21.0 Å². The molecule has 2 rings (SSSR count). The van der Waals surface area contributed by atoms with Crippen LogP contribution in [0.2, 0.25) is 5.15 Å². The van der Waals surface area contributed by atoms with E-state index in [0.29, 0.717) is 0 Å². The Kier molecular flexibility index (Phi) is 3.62. The highest BCUT2D eigenvalue weighted by atomic mass is 35.5. The number of hydrogen-bond acceptors (Lipinski definition) is 6. The van der Waals surface area contributed by atoms with Crippen molar-refractivity contribution < 1.29 is 14.7 Å². The van der Waals surface area contributed by atoms with Crippen molar-refractivity contribution >= 4 is 29.3 Å². The van der Waals surface area contributed by atoms with E-state index in [0.717, 1.165) is 6.20 Å². The summed E-state index contributed by atoms with van der Waals surface area (Å²) in [5.74, 6) is -2.13. The van der Waals surface area contributed by atoms with E-state index in [-0.39, 0.29) is 22.4 Å². The number of hydrogen-bond donors (Lipinski definition) is 2. The molecular formula is C10H6ClN5O3. The molecule has 0 radical (unpaired) electrons. The summed E-state index contributed by atoms with van der Waals surface area (Å²) in [7, 11) is 0. The predicted octanol–water partition coefficient (Wildman–Crippen LogP) is 0.870. The van der Waals surface area contributed by atoms with Crippen molar-refractivity contribution in [2.45, 2.75) is 0 Å². The van der Waals surface area contributed by atoms with Crippen LogP contribution in [-0.2, 0) is 0 Å². The first kappa shape index (κ1) is 12.8. The number of nitrogens with one attached hydrogen (secondary N) is 1. The minimum absolute atomic E-state index is 0.0219. The summed E-state index contributed by atoms with van der Waals surface area (Å²) >= 11 is 5.54. The Balaban J connectivity index is 2.24. The number of aromatic nitrogens is 4. The maximum Gasteiger partial charge on any atom is 0.358 e. The zero-order valence-electron chi connectivity index (χ0n) is 9.24. The molecule has 0 bridgehead atoms. The van der Waals surface area contributed by atoms with Gasteiger partial charge in [0.25, 0.3) is 5.91 Å². The standard InChI is InChI=1S/C10H6ClN5O3/c11-6-4-14-5(3-15-6)9(17)16-8-7(10(18)19)12-1-2-13-8/h1-4H,(H,18,19)(H,13,16,17). The smallest absolute Gasteiger partial charge is 0.358 e. The van der Waals surface area contributed by atoms with Crippen LogP contribution in [0.4, 0.5) is 5.82 Å². The third-order valence-corrected chi connectivity index (χ3v) is 2.18. The quantitative estimate of drug-likeness (QED) is 0.855. The Bertz CT molecular complexity index is 631. The van der Waals surface area contributed by atoms with E-state index < -0.39 is 11.9 Å². The summed E-state index contributed by atoms with van der Waals surface area (Å²) in [6.45, 7) is 0. The number of amides is 1. The molecule has 0 aliphatic carbocycles. The third kappa shape index (κ3) is 2.99. The van der Waals surface area contributed by atoms with Crippen LogP contribution in [0, 0.1) is 0 Å². The summed E-state index contributed by atoms with van der Waals surface area (Å²) in [5.41, 5.74) is -0.385. The van der Waals surface area contributed by atoms with Gasteiger partial charge in [0.1, 0.15) is 10.8 Å². The summed E-state index contributed by atoms with van der Waals surface area (Å²) < 4.78 is 0. The first-order chi connectivity index (χ1) is 9.08. The Hall–Kier alpha value is -2.61. The predicted molar refractivity (Wildman–Crippen MR) is 64.0 cm³/mol. The van der Waals surface area contributed by atoms with Crippen LogP contribution in [-0.4, -0.2) is 36.9 Å². The van der Waals surface area contributed by atoms with E-state index in [1.807, 2.05) is 0 Å². The molecule has 2 N–H and O–H groups in total. The fraction of sp³-hybridized carbons (Fsp3) is 0. The van der Waals surface area contributed by atoms with Crippen molar-refractivity contribution in [2.24, 2.45) is 0 Å². The average molecular weight is 280 g/mol. The van der Waals surface area contributed by atoms with Crippen LogP contribution in [0.3, 0.4) is 0 Å². The van der Waals surface area contributed by atoms with Gasteiger partial charge in [-0.1, -0.05) is 11.6 Å². The van der Waals surface area contributed by atoms with Crippen LogP contribution in [0.5, 0.6) is 0 Å². The fourth-order valence-corrected chi connectivity index (χ4v) is 1.28. The molecule has 0 atom stereocenters. The number of carboxylic acids is 1. The van der Waals surface area contributed by atoms with E-state index >= 15 is 0 Å². The highest BCUT2D eigenvalue weighted by molar-refractivity contribution is 6.29. The largest absolute Gasteiger partial charge is 0.476 e. The Morgan fingerprint density at radius 3 is 2.47 bits per heavy atom. The Labute approximate surface area is 111 Å². The van der Waals surface area contributed by atoms with Crippen LogP contribution < -0.4 is 5.32 Å². The van der Waals surface area contributed by atoms with Gasteiger partial charge in [0.2, 0.25) is 0 Å². The van der Waals surface area contributed by atoms with Gasteiger partial charge in [0, 0.05) is 12.4 Å². The molecule has 0 aromatic carbocycles. The fourth-order valence-electron chi connectivity index (χ4n) is 1.19. The first-order valence-corrected chi connectivity index (χ1v) is 5.29. The lowest BCUT2D eigenvalue weighted by molar-refractivity contribution is 0.0691. The van der Waals surface area contributed by atoms with Gasteiger partial charge < -0.3 is 10.4 Å². The summed E-state index contributed by atoms with van der Waals surface area (Å²) in [6.07, 6.45) is 4.83. The second-order valence-corrected chi connectivity index (χ2v) is 3.62. The lowest BCUT2D eigenvalue weighted by atomic mass is 10.3. The van der Waals surface area contributed by atoms with Crippen molar-refractivity contribution in [3.05, 3.63) is 41.3 Å². The second kappa shape index (κ2) is 5.36. The van der Waals surface area contributed by atoms with Crippen molar-refractivity contribution in [3.8, 4) is 0 Å². The summed E-state index contributed by atoms with van der Waals surface area (Å²) in [4.78, 5) is 37.4.